The maximum Gasteiger partial charge on any atom is 0.255 e. The molecule has 4 aromatic rings. The van der Waals surface area contributed by atoms with Gasteiger partial charge in [0.15, 0.2) is 5.65 Å². The summed E-state index contributed by atoms with van der Waals surface area (Å²) in [5, 5.41) is 9.69. The highest BCUT2D eigenvalue weighted by atomic mass is 16.3. The molecule has 5 rings (SSSR count). The van der Waals surface area contributed by atoms with E-state index in [1.54, 1.807) is 36.9 Å². The first-order valence-electron chi connectivity index (χ1n) is 10.2. The minimum absolute atomic E-state index is 0.0377. The molecule has 1 aliphatic rings. The van der Waals surface area contributed by atoms with Crippen molar-refractivity contribution in [3.05, 3.63) is 78.5 Å². The number of hydrogen-bond donors (Lipinski definition) is 1. The van der Waals surface area contributed by atoms with Gasteiger partial charge in [0.1, 0.15) is 11.3 Å². The molecule has 8 heteroatoms. The second kappa shape index (κ2) is 8.06. The number of anilines is 1. The van der Waals surface area contributed by atoms with Crippen LogP contribution in [0.2, 0.25) is 0 Å². The number of amides is 1. The third-order valence-corrected chi connectivity index (χ3v) is 5.52. The number of carbonyl (C=O) groups excluding carboxylic acids is 1. The summed E-state index contributed by atoms with van der Waals surface area (Å²) in [7, 11) is 0. The number of benzene rings is 1. The van der Waals surface area contributed by atoms with E-state index in [0.717, 1.165) is 17.0 Å². The number of piperazine rings is 1. The molecule has 3 aromatic heterocycles. The number of pyridine rings is 2. The standard InChI is InChI=1S/C23H22N6O2/c30-20-6-3-5-19(13-20)27-8-10-28(11-9-27)23(31)17-12-21-22(25-14-17)29(16-26-21)15-18-4-1-2-7-24-18/h1-7,12-14,16,30H,8-11,15H2. The summed E-state index contributed by atoms with van der Waals surface area (Å²) in [6.45, 7) is 3.23. The molecule has 0 aliphatic carbocycles. The molecule has 0 radical (unpaired) electrons. The molecular weight excluding hydrogens is 392 g/mol. The van der Waals surface area contributed by atoms with E-state index < -0.39 is 0 Å². The predicted octanol–water partition coefficient (Wildman–Crippen LogP) is 2.54. The number of rotatable bonds is 4. The highest BCUT2D eigenvalue weighted by Crippen LogP contribution is 2.22. The zero-order chi connectivity index (χ0) is 21.2. The molecule has 31 heavy (non-hydrogen) atoms. The van der Waals surface area contributed by atoms with Crippen molar-refractivity contribution in [1.82, 2.24) is 24.4 Å². The van der Waals surface area contributed by atoms with Gasteiger partial charge in [-0.2, -0.15) is 0 Å². The molecule has 1 aromatic carbocycles. The number of nitrogens with zero attached hydrogens (tertiary/aromatic N) is 6. The lowest BCUT2D eigenvalue weighted by atomic mass is 10.2. The number of fused-ring (bicyclic) bond motifs is 1. The molecule has 0 spiro atoms. The van der Waals surface area contributed by atoms with Crippen molar-refractivity contribution in [2.75, 3.05) is 31.1 Å². The summed E-state index contributed by atoms with van der Waals surface area (Å²) >= 11 is 0. The first kappa shape index (κ1) is 19.0. The summed E-state index contributed by atoms with van der Waals surface area (Å²) in [4.78, 5) is 30.3. The zero-order valence-corrected chi connectivity index (χ0v) is 16.9. The molecule has 156 valence electrons. The van der Waals surface area contributed by atoms with Crippen LogP contribution in [-0.4, -0.2) is 61.6 Å². The molecule has 1 fully saturated rings. The molecule has 0 atom stereocenters. The van der Waals surface area contributed by atoms with Gasteiger partial charge in [-0.05, 0) is 30.3 Å². The largest absolute Gasteiger partial charge is 0.508 e. The number of carbonyl (C=O) groups is 1. The van der Waals surface area contributed by atoms with E-state index in [9.17, 15) is 9.90 Å². The molecule has 1 N–H and O–H groups in total. The Bertz CT molecular complexity index is 1220. The predicted molar refractivity (Wildman–Crippen MR) is 117 cm³/mol. The van der Waals surface area contributed by atoms with E-state index in [4.69, 9.17) is 0 Å². The highest BCUT2D eigenvalue weighted by Gasteiger charge is 2.23. The third kappa shape index (κ3) is 3.92. The van der Waals surface area contributed by atoms with Crippen molar-refractivity contribution in [1.29, 1.82) is 0 Å². The van der Waals surface area contributed by atoms with Gasteiger partial charge in [0.2, 0.25) is 0 Å². The van der Waals surface area contributed by atoms with E-state index in [-0.39, 0.29) is 11.7 Å². The van der Waals surface area contributed by atoms with Crippen molar-refractivity contribution >= 4 is 22.8 Å². The Hall–Kier alpha value is -3.94. The van der Waals surface area contributed by atoms with Crippen molar-refractivity contribution in [2.24, 2.45) is 0 Å². The molecule has 1 saturated heterocycles. The van der Waals surface area contributed by atoms with Gasteiger partial charge in [0.05, 0.1) is 24.1 Å². The van der Waals surface area contributed by atoms with Crippen molar-refractivity contribution in [2.45, 2.75) is 6.54 Å². The van der Waals surface area contributed by atoms with Crippen LogP contribution in [0.5, 0.6) is 5.75 Å². The van der Waals surface area contributed by atoms with Crippen LogP contribution in [0.1, 0.15) is 16.1 Å². The second-order valence-electron chi connectivity index (χ2n) is 7.56. The zero-order valence-electron chi connectivity index (χ0n) is 16.9. The van der Waals surface area contributed by atoms with E-state index >= 15 is 0 Å². The van der Waals surface area contributed by atoms with Crippen LogP contribution in [0.25, 0.3) is 11.2 Å². The van der Waals surface area contributed by atoms with Crippen LogP contribution < -0.4 is 4.90 Å². The lowest BCUT2D eigenvalue weighted by Crippen LogP contribution is -2.48. The smallest absolute Gasteiger partial charge is 0.255 e. The van der Waals surface area contributed by atoms with E-state index in [1.165, 1.54) is 0 Å². The Morgan fingerprint density at radius 3 is 2.61 bits per heavy atom. The van der Waals surface area contributed by atoms with E-state index in [0.29, 0.717) is 43.8 Å². The number of imidazole rings is 1. The Kier molecular flexibility index (Phi) is 4.95. The van der Waals surface area contributed by atoms with Crippen LogP contribution in [0, 0.1) is 0 Å². The minimum Gasteiger partial charge on any atom is -0.508 e. The molecule has 1 aliphatic heterocycles. The maximum atomic E-state index is 13.0. The van der Waals surface area contributed by atoms with Gasteiger partial charge in [0.25, 0.3) is 5.91 Å². The van der Waals surface area contributed by atoms with Crippen LogP contribution in [0.3, 0.4) is 0 Å². The van der Waals surface area contributed by atoms with Crippen LogP contribution in [0.15, 0.2) is 67.3 Å². The first-order chi connectivity index (χ1) is 15.2. The van der Waals surface area contributed by atoms with Gasteiger partial charge in [-0.15, -0.1) is 0 Å². The molecule has 8 nitrogen and oxygen atoms in total. The normalized spacial score (nSPS) is 14.2. The van der Waals surface area contributed by atoms with Crippen LogP contribution >= 0.6 is 0 Å². The Labute approximate surface area is 179 Å². The van der Waals surface area contributed by atoms with Gasteiger partial charge in [0, 0.05) is 50.3 Å². The number of aromatic hydroxyl groups is 1. The lowest BCUT2D eigenvalue weighted by molar-refractivity contribution is 0.0746. The van der Waals surface area contributed by atoms with Crippen molar-refractivity contribution < 1.29 is 9.90 Å². The third-order valence-electron chi connectivity index (χ3n) is 5.52. The van der Waals surface area contributed by atoms with Gasteiger partial charge < -0.3 is 19.5 Å². The lowest BCUT2D eigenvalue weighted by Gasteiger charge is -2.36. The Morgan fingerprint density at radius 2 is 1.84 bits per heavy atom. The number of aromatic nitrogens is 4. The summed E-state index contributed by atoms with van der Waals surface area (Å²) in [6, 6.07) is 14.8. The monoisotopic (exact) mass is 414 g/mol. The van der Waals surface area contributed by atoms with Gasteiger partial charge >= 0.3 is 0 Å². The summed E-state index contributed by atoms with van der Waals surface area (Å²) in [6.07, 6.45) is 5.12. The van der Waals surface area contributed by atoms with E-state index in [1.807, 2.05) is 39.8 Å². The fraction of sp³-hybridized carbons (Fsp3) is 0.217. The molecule has 0 saturated carbocycles. The fourth-order valence-corrected chi connectivity index (χ4v) is 3.89. The topological polar surface area (TPSA) is 87.4 Å². The quantitative estimate of drug-likeness (QED) is 0.552. The number of hydrogen-bond acceptors (Lipinski definition) is 6. The summed E-state index contributed by atoms with van der Waals surface area (Å²) in [5.41, 5.74) is 3.86. The molecule has 0 bridgehead atoms. The molecule has 0 unspecified atom stereocenters. The average molecular weight is 414 g/mol. The van der Waals surface area contributed by atoms with Crippen molar-refractivity contribution in [3.63, 3.8) is 0 Å². The minimum atomic E-state index is -0.0377. The fourth-order valence-electron chi connectivity index (χ4n) is 3.89. The molecular formula is C23H22N6O2. The van der Waals surface area contributed by atoms with Crippen LogP contribution in [0.4, 0.5) is 5.69 Å². The number of phenolic OH excluding ortho intramolecular Hbond substituents is 1. The molecule has 1 amide bonds. The highest BCUT2D eigenvalue weighted by molar-refractivity contribution is 5.96. The van der Waals surface area contributed by atoms with Gasteiger partial charge in [-0.1, -0.05) is 12.1 Å². The summed E-state index contributed by atoms with van der Waals surface area (Å²) in [5.74, 6) is 0.210. The van der Waals surface area contributed by atoms with Crippen LogP contribution in [-0.2, 0) is 6.54 Å². The Morgan fingerprint density at radius 1 is 0.968 bits per heavy atom. The average Bonchev–Trinajstić information content (AvgIpc) is 3.21. The maximum absolute atomic E-state index is 13.0. The summed E-state index contributed by atoms with van der Waals surface area (Å²) < 4.78 is 1.93. The van der Waals surface area contributed by atoms with E-state index in [2.05, 4.69) is 19.9 Å². The van der Waals surface area contributed by atoms with Gasteiger partial charge in [-0.25, -0.2) is 9.97 Å². The second-order valence-corrected chi connectivity index (χ2v) is 7.56. The van der Waals surface area contributed by atoms with Crippen molar-refractivity contribution in [3.8, 4) is 5.75 Å². The SMILES string of the molecule is O=C(c1cnc2c(c1)ncn2Cc1ccccn1)N1CCN(c2cccc(O)c2)CC1. The first-order valence-corrected chi connectivity index (χ1v) is 10.2. The number of phenols is 1. The molecule has 4 heterocycles. The van der Waals surface area contributed by atoms with Gasteiger partial charge in [-0.3, -0.25) is 9.78 Å². The Balaban J connectivity index is 1.28.